The average Bonchev–Trinajstić information content (AvgIpc) is 2.49. The zero-order valence-electron chi connectivity index (χ0n) is 12.1. The summed E-state index contributed by atoms with van der Waals surface area (Å²) < 4.78 is 5.62. The van der Waals surface area contributed by atoms with Crippen molar-refractivity contribution in [2.45, 2.75) is 19.4 Å². The average molecular weight is 284 g/mol. The monoisotopic (exact) mass is 284 g/mol. The highest BCUT2D eigenvalue weighted by molar-refractivity contribution is 5.73. The van der Waals surface area contributed by atoms with Gasteiger partial charge in [-0.05, 0) is 24.6 Å². The largest absolute Gasteiger partial charge is 0.491 e. The first-order chi connectivity index (χ1) is 10.2. The van der Waals surface area contributed by atoms with Gasteiger partial charge in [-0.1, -0.05) is 42.5 Å². The lowest BCUT2D eigenvalue weighted by Gasteiger charge is -2.18. The number of ether oxygens (including phenoxy) is 1. The molecular formula is C17H20N2O2. The van der Waals surface area contributed by atoms with Gasteiger partial charge in [0.15, 0.2) is 0 Å². The third-order valence-electron chi connectivity index (χ3n) is 3.16. The number of primary amides is 1. The first-order valence-electron chi connectivity index (χ1n) is 6.98. The number of nitrogens with one attached hydrogen (secondary N) is 1. The standard InChI is InChI=1S/C17H20N2O2/c1-13(14-7-3-2-4-8-14)19-15-9-5-6-10-16(15)21-12-11-17(18)20/h2-10,13,19H,11-12H2,1H3,(H2,18,20). The summed E-state index contributed by atoms with van der Waals surface area (Å²) in [5.41, 5.74) is 7.22. The molecule has 0 saturated carbocycles. The third kappa shape index (κ3) is 4.53. The molecule has 0 aliphatic rings. The summed E-state index contributed by atoms with van der Waals surface area (Å²) in [6, 6.07) is 18.0. The van der Waals surface area contributed by atoms with Gasteiger partial charge in [-0.25, -0.2) is 0 Å². The number of amides is 1. The molecule has 2 aromatic rings. The minimum Gasteiger partial charge on any atom is -0.491 e. The van der Waals surface area contributed by atoms with Crippen molar-refractivity contribution < 1.29 is 9.53 Å². The zero-order valence-corrected chi connectivity index (χ0v) is 12.1. The predicted molar refractivity (Wildman–Crippen MR) is 84.2 cm³/mol. The Hall–Kier alpha value is -2.49. The van der Waals surface area contributed by atoms with E-state index in [1.165, 1.54) is 5.56 Å². The quantitative estimate of drug-likeness (QED) is 0.821. The van der Waals surface area contributed by atoms with Gasteiger partial charge in [-0.3, -0.25) is 4.79 Å². The van der Waals surface area contributed by atoms with Crippen LogP contribution in [0.3, 0.4) is 0 Å². The maximum atomic E-state index is 10.8. The summed E-state index contributed by atoms with van der Waals surface area (Å²) in [6.45, 7) is 2.38. The Labute approximate surface area is 124 Å². The number of hydrogen-bond donors (Lipinski definition) is 2. The fraction of sp³-hybridized carbons (Fsp3) is 0.235. The number of nitrogens with two attached hydrogens (primary N) is 1. The van der Waals surface area contributed by atoms with Gasteiger partial charge in [-0.2, -0.15) is 0 Å². The Morgan fingerprint density at radius 1 is 1.14 bits per heavy atom. The van der Waals surface area contributed by atoms with E-state index in [2.05, 4.69) is 24.4 Å². The van der Waals surface area contributed by atoms with Gasteiger partial charge in [0.05, 0.1) is 18.7 Å². The van der Waals surface area contributed by atoms with E-state index in [-0.39, 0.29) is 25.0 Å². The van der Waals surface area contributed by atoms with E-state index in [4.69, 9.17) is 10.5 Å². The Morgan fingerprint density at radius 3 is 2.52 bits per heavy atom. The fourth-order valence-corrected chi connectivity index (χ4v) is 2.03. The van der Waals surface area contributed by atoms with Crippen molar-refractivity contribution in [3.8, 4) is 5.75 Å². The van der Waals surface area contributed by atoms with Crippen LogP contribution in [0.4, 0.5) is 5.69 Å². The molecule has 1 unspecified atom stereocenters. The molecule has 2 aromatic carbocycles. The van der Waals surface area contributed by atoms with Crippen molar-refractivity contribution in [1.29, 1.82) is 0 Å². The highest BCUT2D eigenvalue weighted by atomic mass is 16.5. The van der Waals surface area contributed by atoms with E-state index in [1.807, 2.05) is 42.5 Å². The van der Waals surface area contributed by atoms with Crippen LogP contribution in [0, 0.1) is 0 Å². The highest BCUT2D eigenvalue weighted by Crippen LogP contribution is 2.28. The molecule has 4 nitrogen and oxygen atoms in total. The Bertz CT molecular complexity index is 584. The minimum absolute atomic E-state index is 0.159. The molecular weight excluding hydrogens is 264 g/mol. The van der Waals surface area contributed by atoms with E-state index in [1.54, 1.807) is 0 Å². The maximum Gasteiger partial charge on any atom is 0.220 e. The molecule has 21 heavy (non-hydrogen) atoms. The van der Waals surface area contributed by atoms with Crippen LogP contribution in [0.5, 0.6) is 5.75 Å². The lowest BCUT2D eigenvalue weighted by Crippen LogP contribution is -2.15. The molecule has 0 heterocycles. The Morgan fingerprint density at radius 2 is 1.81 bits per heavy atom. The fourth-order valence-electron chi connectivity index (χ4n) is 2.03. The topological polar surface area (TPSA) is 64.3 Å². The lowest BCUT2D eigenvalue weighted by molar-refractivity contribution is -0.118. The summed E-state index contributed by atoms with van der Waals surface area (Å²) in [4.78, 5) is 10.8. The van der Waals surface area contributed by atoms with Crippen molar-refractivity contribution in [3.05, 3.63) is 60.2 Å². The summed E-state index contributed by atoms with van der Waals surface area (Å²) >= 11 is 0. The van der Waals surface area contributed by atoms with Crippen molar-refractivity contribution in [1.82, 2.24) is 0 Å². The minimum atomic E-state index is -0.363. The molecule has 0 fully saturated rings. The Kier molecular flexibility index (Phi) is 5.21. The van der Waals surface area contributed by atoms with Crippen LogP contribution < -0.4 is 15.8 Å². The van der Waals surface area contributed by atoms with Gasteiger partial charge in [0, 0.05) is 6.04 Å². The summed E-state index contributed by atoms with van der Waals surface area (Å²) in [6.07, 6.45) is 0.211. The van der Waals surface area contributed by atoms with Crippen LogP contribution in [0.25, 0.3) is 0 Å². The van der Waals surface area contributed by atoms with Crippen molar-refractivity contribution in [2.24, 2.45) is 5.73 Å². The molecule has 0 radical (unpaired) electrons. The van der Waals surface area contributed by atoms with E-state index in [0.717, 1.165) is 11.4 Å². The second-order valence-corrected chi connectivity index (χ2v) is 4.84. The molecule has 2 rings (SSSR count). The normalized spacial score (nSPS) is 11.7. The van der Waals surface area contributed by atoms with E-state index < -0.39 is 0 Å². The van der Waals surface area contributed by atoms with Gasteiger partial charge in [-0.15, -0.1) is 0 Å². The second kappa shape index (κ2) is 7.33. The summed E-state index contributed by atoms with van der Waals surface area (Å²) in [7, 11) is 0. The molecule has 110 valence electrons. The van der Waals surface area contributed by atoms with E-state index in [0.29, 0.717) is 0 Å². The van der Waals surface area contributed by atoms with Gasteiger partial charge in [0.1, 0.15) is 5.75 Å². The summed E-state index contributed by atoms with van der Waals surface area (Å²) in [5, 5.41) is 3.42. The SMILES string of the molecule is CC(Nc1ccccc1OCCC(N)=O)c1ccccc1. The van der Waals surface area contributed by atoms with Crippen LogP contribution >= 0.6 is 0 Å². The third-order valence-corrected chi connectivity index (χ3v) is 3.16. The summed E-state index contributed by atoms with van der Waals surface area (Å²) in [5.74, 6) is 0.361. The Balaban J connectivity index is 2.04. The van der Waals surface area contributed by atoms with Gasteiger partial charge < -0.3 is 15.8 Å². The first kappa shape index (κ1) is 14.9. The van der Waals surface area contributed by atoms with Gasteiger partial charge in [0.25, 0.3) is 0 Å². The molecule has 0 spiro atoms. The van der Waals surface area contributed by atoms with Crippen LogP contribution in [0.1, 0.15) is 24.9 Å². The molecule has 0 aliphatic carbocycles. The number of carbonyl (C=O) groups excluding carboxylic acids is 1. The van der Waals surface area contributed by atoms with Gasteiger partial charge >= 0.3 is 0 Å². The first-order valence-corrected chi connectivity index (χ1v) is 6.98. The van der Waals surface area contributed by atoms with Crippen LogP contribution in [0.15, 0.2) is 54.6 Å². The smallest absolute Gasteiger partial charge is 0.220 e. The number of rotatable bonds is 7. The predicted octanol–water partition coefficient (Wildman–Crippen LogP) is 3.11. The molecule has 3 N–H and O–H groups in total. The van der Waals surface area contributed by atoms with Crippen molar-refractivity contribution in [2.75, 3.05) is 11.9 Å². The van der Waals surface area contributed by atoms with Crippen LogP contribution in [-0.4, -0.2) is 12.5 Å². The second-order valence-electron chi connectivity index (χ2n) is 4.84. The highest BCUT2D eigenvalue weighted by Gasteiger charge is 2.08. The maximum absolute atomic E-state index is 10.8. The molecule has 0 saturated heterocycles. The number of benzene rings is 2. The number of anilines is 1. The van der Waals surface area contributed by atoms with E-state index in [9.17, 15) is 4.79 Å². The molecule has 0 bridgehead atoms. The van der Waals surface area contributed by atoms with E-state index >= 15 is 0 Å². The molecule has 0 aromatic heterocycles. The van der Waals surface area contributed by atoms with Crippen molar-refractivity contribution in [3.63, 3.8) is 0 Å². The molecule has 4 heteroatoms. The molecule has 1 amide bonds. The zero-order chi connectivity index (χ0) is 15.1. The number of carbonyl (C=O) groups is 1. The lowest BCUT2D eigenvalue weighted by atomic mass is 10.1. The van der Waals surface area contributed by atoms with Crippen LogP contribution in [-0.2, 0) is 4.79 Å². The van der Waals surface area contributed by atoms with Crippen LogP contribution in [0.2, 0.25) is 0 Å². The number of hydrogen-bond acceptors (Lipinski definition) is 3. The molecule has 0 aliphatic heterocycles. The molecule has 1 atom stereocenters. The van der Waals surface area contributed by atoms with Gasteiger partial charge in [0.2, 0.25) is 5.91 Å². The van der Waals surface area contributed by atoms with Crippen molar-refractivity contribution >= 4 is 11.6 Å². The number of para-hydroxylation sites is 2.